The number of amides is 2. The molecule has 4 N–H and O–H groups in total. The molecule has 0 aliphatic heterocycles. The highest BCUT2D eigenvalue weighted by Crippen LogP contribution is 2.05. The first-order chi connectivity index (χ1) is 8.47. The van der Waals surface area contributed by atoms with Gasteiger partial charge in [0.05, 0.1) is 11.8 Å². The molecule has 0 rings (SSSR count). The summed E-state index contributed by atoms with van der Waals surface area (Å²) < 4.78 is 0. The molecule has 0 spiro atoms. The quantitative estimate of drug-likeness (QED) is 0.507. The third-order valence-corrected chi connectivity index (χ3v) is 3.21. The van der Waals surface area contributed by atoms with Crippen molar-refractivity contribution in [2.75, 3.05) is 18.1 Å². The summed E-state index contributed by atoms with van der Waals surface area (Å²) >= 11 is 1.52. The molecule has 18 heavy (non-hydrogen) atoms. The van der Waals surface area contributed by atoms with Gasteiger partial charge in [-0.15, -0.1) is 0 Å². The summed E-state index contributed by atoms with van der Waals surface area (Å²) in [5.41, 5.74) is 5.30. The number of carbonyl (C=O) groups is 2. The summed E-state index contributed by atoms with van der Waals surface area (Å²) in [6.07, 6.45) is 1.63. The molecular formula is C12H25N3O2S. The summed E-state index contributed by atoms with van der Waals surface area (Å²) in [7, 11) is 0. The lowest BCUT2D eigenvalue weighted by molar-refractivity contribution is -0.120. The number of thioether (sulfide) groups is 1. The zero-order valence-corrected chi connectivity index (χ0v) is 12.3. The standard InChI is InChI=1S/C12H25N3O2S/c1-4-6-14-10(12(13)17)5-7-18-8-11(16)15-9(2)3/h9-10,14H,4-8H2,1-3H3,(H2,13,17)(H,15,16). The van der Waals surface area contributed by atoms with Gasteiger partial charge < -0.3 is 16.4 Å². The summed E-state index contributed by atoms with van der Waals surface area (Å²) in [6.45, 7) is 6.68. The van der Waals surface area contributed by atoms with Gasteiger partial charge in [0.2, 0.25) is 11.8 Å². The molecule has 6 heteroatoms. The zero-order valence-electron chi connectivity index (χ0n) is 11.5. The van der Waals surface area contributed by atoms with Crippen LogP contribution in [0.2, 0.25) is 0 Å². The Morgan fingerprint density at radius 3 is 2.50 bits per heavy atom. The monoisotopic (exact) mass is 275 g/mol. The Labute approximate surface area is 114 Å². The van der Waals surface area contributed by atoms with E-state index in [4.69, 9.17) is 5.73 Å². The van der Waals surface area contributed by atoms with Crippen LogP contribution in [0.15, 0.2) is 0 Å². The van der Waals surface area contributed by atoms with Crippen LogP contribution in [0, 0.1) is 0 Å². The molecule has 0 heterocycles. The molecular weight excluding hydrogens is 250 g/mol. The number of hydrogen-bond acceptors (Lipinski definition) is 4. The lowest BCUT2D eigenvalue weighted by Crippen LogP contribution is -2.42. The second kappa shape index (κ2) is 10.2. The Balaban J connectivity index is 3.72. The first kappa shape index (κ1) is 17.2. The van der Waals surface area contributed by atoms with E-state index in [-0.39, 0.29) is 23.9 Å². The minimum absolute atomic E-state index is 0.0344. The van der Waals surface area contributed by atoms with Crippen molar-refractivity contribution in [3.05, 3.63) is 0 Å². The molecule has 0 bridgehead atoms. The normalized spacial score (nSPS) is 12.4. The Kier molecular flexibility index (Phi) is 9.77. The molecule has 0 aromatic rings. The van der Waals surface area contributed by atoms with Crippen LogP contribution >= 0.6 is 11.8 Å². The number of nitrogens with two attached hydrogens (primary N) is 1. The lowest BCUT2D eigenvalue weighted by atomic mass is 10.2. The number of nitrogens with one attached hydrogen (secondary N) is 2. The van der Waals surface area contributed by atoms with E-state index in [1.165, 1.54) is 11.8 Å². The fourth-order valence-corrected chi connectivity index (χ4v) is 2.21. The van der Waals surface area contributed by atoms with Crippen LogP contribution in [0.3, 0.4) is 0 Å². The minimum atomic E-state index is -0.323. The summed E-state index contributed by atoms with van der Waals surface area (Å²) in [6, 6.07) is -0.117. The molecule has 0 aromatic heterocycles. The van der Waals surface area contributed by atoms with Crippen LogP contribution in [0.4, 0.5) is 0 Å². The molecule has 2 amide bonds. The smallest absolute Gasteiger partial charge is 0.234 e. The third-order valence-electron chi connectivity index (χ3n) is 2.22. The van der Waals surface area contributed by atoms with Crippen molar-refractivity contribution in [2.45, 2.75) is 45.7 Å². The van der Waals surface area contributed by atoms with E-state index in [0.717, 1.165) is 18.7 Å². The molecule has 1 unspecified atom stereocenters. The van der Waals surface area contributed by atoms with Crippen LogP contribution in [-0.2, 0) is 9.59 Å². The van der Waals surface area contributed by atoms with Crippen molar-refractivity contribution in [1.82, 2.24) is 10.6 Å². The maximum Gasteiger partial charge on any atom is 0.234 e. The molecule has 1 atom stereocenters. The number of carbonyl (C=O) groups excluding carboxylic acids is 2. The molecule has 0 aromatic carbocycles. The highest BCUT2D eigenvalue weighted by Gasteiger charge is 2.13. The lowest BCUT2D eigenvalue weighted by Gasteiger charge is -2.14. The molecule has 0 aliphatic rings. The molecule has 0 aliphatic carbocycles. The van der Waals surface area contributed by atoms with Gasteiger partial charge in [-0.25, -0.2) is 0 Å². The second-order valence-electron chi connectivity index (χ2n) is 4.47. The first-order valence-electron chi connectivity index (χ1n) is 6.37. The second-order valence-corrected chi connectivity index (χ2v) is 5.58. The van der Waals surface area contributed by atoms with Crippen molar-refractivity contribution in [2.24, 2.45) is 5.73 Å². The molecule has 106 valence electrons. The van der Waals surface area contributed by atoms with Crippen molar-refractivity contribution >= 4 is 23.6 Å². The number of primary amides is 1. The Hall–Kier alpha value is -0.750. The first-order valence-corrected chi connectivity index (χ1v) is 7.52. The molecule has 0 radical (unpaired) electrons. The van der Waals surface area contributed by atoms with Gasteiger partial charge in [0, 0.05) is 6.04 Å². The Bertz CT molecular complexity index is 260. The van der Waals surface area contributed by atoms with E-state index < -0.39 is 0 Å². The average Bonchev–Trinajstić information content (AvgIpc) is 2.26. The minimum Gasteiger partial charge on any atom is -0.368 e. The van der Waals surface area contributed by atoms with Crippen LogP contribution in [0.25, 0.3) is 0 Å². The van der Waals surface area contributed by atoms with E-state index in [0.29, 0.717) is 12.2 Å². The summed E-state index contributed by atoms with van der Waals surface area (Å²) in [5, 5.41) is 5.92. The maximum atomic E-state index is 11.4. The van der Waals surface area contributed by atoms with E-state index in [9.17, 15) is 9.59 Å². The fourth-order valence-electron chi connectivity index (χ4n) is 1.39. The Morgan fingerprint density at radius 1 is 1.33 bits per heavy atom. The van der Waals surface area contributed by atoms with Gasteiger partial charge >= 0.3 is 0 Å². The van der Waals surface area contributed by atoms with E-state index in [1.54, 1.807) is 0 Å². The summed E-state index contributed by atoms with van der Waals surface area (Å²) in [4.78, 5) is 22.5. The molecule has 0 saturated heterocycles. The van der Waals surface area contributed by atoms with Crippen molar-refractivity contribution < 1.29 is 9.59 Å². The predicted octanol–water partition coefficient (Wildman–Crippen LogP) is 0.488. The average molecular weight is 275 g/mol. The van der Waals surface area contributed by atoms with Gasteiger partial charge in [-0.3, -0.25) is 9.59 Å². The van der Waals surface area contributed by atoms with Crippen molar-refractivity contribution in [1.29, 1.82) is 0 Å². The van der Waals surface area contributed by atoms with E-state index in [2.05, 4.69) is 10.6 Å². The largest absolute Gasteiger partial charge is 0.368 e. The Morgan fingerprint density at radius 2 is 2.00 bits per heavy atom. The van der Waals surface area contributed by atoms with Gasteiger partial charge in [0.25, 0.3) is 0 Å². The highest BCUT2D eigenvalue weighted by atomic mass is 32.2. The number of hydrogen-bond donors (Lipinski definition) is 3. The van der Waals surface area contributed by atoms with Crippen molar-refractivity contribution in [3.8, 4) is 0 Å². The van der Waals surface area contributed by atoms with Gasteiger partial charge in [0.15, 0.2) is 0 Å². The van der Waals surface area contributed by atoms with E-state index >= 15 is 0 Å². The maximum absolute atomic E-state index is 11.4. The number of rotatable bonds is 10. The highest BCUT2D eigenvalue weighted by molar-refractivity contribution is 7.99. The molecule has 5 nitrogen and oxygen atoms in total. The summed E-state index contributed by atoms with van der Waals surface area (Å²) in [5.74, 6) is 0.885. The predicted molar refractivity (Wildman–Crippen MR) is 76.5 cm³/mol. The van der Waals surface area contributed by atoms with Crippen LogP contribution in [0.1, 0.15) is 33.6 Å². The third kappa shape index (κ3) is 9.30. The van der Waals surface area contributed by atoms with Gasteiger partial charge in [-0.05, 0) is 39.0 Å². The fraction of sp³-hybridized carbons (Fsp3) is 0.833. The van der Waals surface area contributed by atoms with Gasteiger partial charge in [0.1, 0.15) is 0 Å². The van der Waals surface area contributed by atoms with Crippen molar-refractivity contribution in [3.63, 3.8) is 0 Å². The van der Waals surface area contributed by atoms with E-state index in [1.807, 2.05) is 20.8 Å². The molecule has 0 fully saturated rings. The van der Waals surface area contributed by atoms with Gasteiger partial charge in [-0.1, -0.05) is 6.92 Å². The van der Waals surface area contributed by atoms with Crippen LogP contribution in [0.5, 0.6) is 0 Å². The topological polar surface area (TPSA) is 84.2 Å². The van der Waals surface area contributed by atoms with Crippen LogP contribution < -0.4 is 16.4 Å². The van der Waals surface area contributed by atoms with Gasteiger partial charge in [-0.2, -0.15) is 11.8 Å². The zero-order chi connectivity index (χ0) is 14.0. The molecule has 0 saturated carbocycles. The van der Waals surface area contributed by atoms with Crippen LogP contribution in [-0.4, -0.2) is 41.9 Å². The SMILES string of the molecule is CCCNC(CCSCC(=O)NC(C)C)C(N)=O.